The minimum Gasteiger partial charge on any atom is -0.478 e. The van der Waals surface area contributed by atoms with E-state index in [-0.39, 0.29) is 6.10 Å². The first kappa shape index (κ1) is 27.3. The smallest absolute Gasteiger partial charge is 0.335 e. The Morgan fingerprint density at radius 3 is 1.40 bits per heavy atom. The Kier molecular flexibility index (Phi) is 13.8. The largest absolute Gasteiger partial charge is 0.478 e. The molecule has 0 spiro atoms. The molecule has 4 N–H and O–H groups in total. The first-order valence-corrected chi connectivity index (χ1v) is 10.2. The van der Waals surface area contributed by atoms with Crippen molar-refractivity contribution >= 4 is 11.9 Å². The van der Waals surface area contributed by atoms with Crippen molar-refractivity contribution in [3.05, 3.63) is 71.8 Å². The number of hydrogen-bond acceptors (Lipinski definition) is 4. The topological polar surface area (TPSA) is 115 Å². The van der Waals surface area contributed by atoms with E-state index >= 15 is 0 Å². The zero-order valence-corrected chi connectivity index (χ0v) is 18.0. The summed E-state index contributed by atoms with van der Waals surface area (Å²) in [5.41, 5.74) is 0.0178. The van der Waals surface area contributed by atoms with Crippen molar-refractivity contribution in [2.24, 2.45) is 0 Å². The first-order chi connectivity index (χ1) is 14.2. The van der Waals surface area contributed by atoms with Gasteiger partial charge >= 0.3 is 11.9 Å². The van der Waals surface area contributed by atoms with Gasteiger partial charge in [-0.25, -0.2) is 9.59 Å². The first-order valence-electron chi connectivity index (χ1n) is 10.2. The van der Waals surface area contributed by atoms with Gasteiger partial charge in [-0.15, -0.1) is 0 Å². The molecule has 0 amide bonds. The number of aliphatic hydroxyl groups is 2. The Balaban J connectivity index is 0.000000426. The van der Waals surface area contributed by atoms with Gasteiger partial charge in [-0.2, -0.15) is 0 Å². The van der Waals surface area contributed by atoms with Crippen molar-refractivity contribution in [3.8, 4) is 0 Å². The van der Waals surface area contributed by atoms with Crippen molar-refractivity contribution in [1.82, 2.24) is 0 Å². The van der Waals surface area contributed by atoms with Crippen LogP contribution in [-0.4, -0.2) is 44.1 Å². The maximum atomic E-state index is 10.2. The third-order valence-corrected chi connectivity index (χ3v) is 4.60. The lowest BCUT2D eigenvalue weighted by molar-refractivity contribution is -0.0188. The van der Waals surface area contributed by atoms with Crippen molar-refractivity contribution in [3.63, 3.8) is 0 Å². The Hall–Kier alpha value is -2.70. The number of carbonyl (C=O) groups is 2. The maximum absolute atomic E-state index is 10.2. The van der Waals surface area contributed by atoms with Crippen LogP contribution in [0.15, 0.2) is 60.7 Å². The molecule has 0 saturated heterocycles. The van der Waals surface area contributed by atoms with E-state index in [0.717, 1.165) is 25.7 Å². The molecule has 1 unspecified atom stereocenters. The number of hydrogen-bond donors (Lipinski definition) is 4. The van der Waals surface area contributed by atoms with E-state index in [1.807, 2.05) is 20.8 Å². The van der Waals surface area contributed by atoms with E-state index in [4.69, 9.17) is 10.2 Å². The monoisotopic (exact) mass is 418 g/mol. The molecule has 0 bridgehead atoms. The fraction of sp³-hybridized carbons (Fsp3) is 0.417. The van der Waals surface area contributed by atoms with Crippen LogP contribution in [0.25, 0.3) is 0 Å². The normalized spacial score (nSPS) is 11.2. The van der Waals surface area contributed by atoms with E-state index in [0.29, 0.717) is 17.5 Å². The highest BCUT2D eigenvalue weighted by atomic mass is 16.4. The van der Waals surface area contributed by atoms with E-state index in [1.54, 1.807) is 60.7 Å². The summed E-state index contributed by atoms with van der Waals surface area (Å²) in [7, 11) is 0. The van der Waals surface area contributed by atoms with Crippen LogP contribution in [0, 0.1) is 0 Å². The van der Waals surface area contributed by atoms with Gasteiger partial charge in [0.15, 0.2) is 0 Å². The molecule has 0 aliphatic rings. The second-order valence-corrected chi connectivity index (χ2v) is 6.92. The third-order valence-electron chi connectivity index (χ3n) is 4.60. The van der Waals surface area contributed by atoms with E-state index in [2.05, 4.69) is 0 Å². The van der Waals surface area contributed by atoms with Gasteiger partial charge in [-0.05, 0) is 43.5 Å². The molecular formula is C24H34O6. The van der Waals surface area contributed by atoms with Crippen LogP contribution in [0.1, 0.15) is 73.6 Å². The Morgan fingerprint density at radius 1 is 0.800 bits per heavy atom. The quantitative estimate of drug-likeness (QED) is 0.487. The van der Waals surface area contributed by atoms with Crippen molar-refractivity contribution < 1.29 is 30.0 Å². The van der Waals surface area contributed by atoms with Gasteiger partial charge in [-0.1, -0.05) is 63.6 Å². The van der Waals surface area contributed by atoms with Gasteiger partial charge < -0.3 is 20.4 Å². The summed E-state index contributed by atoms with van der Waals surface area (Å²) in [5.74, 6) is -1.76. The van der Waals surface area contributed by atoms with Gasteiger partial charge in [0, 0.05) is 6.42 Å². The average Bonchev–Trinajstić information content (AvgIpc) is 2.76. The predicted octanol–water partition coefficient (Wildman–Crippen LogP) is 4.86. The molecule has 0 radical (unpaired) electrons. The fourth-order valence-electron chi connectivity index (χ4n) is 2.57. The number of carboxylic acids is 2. The van der Waals surface area contributed by atoms with Crippen LogP contribution >= 0.6 is 0 Å². The Labute approximate surface area is 178 Å². The summed E-state index contributed by atoms with van der Waals surface area (Å²) in [4.78, 5) is 20.4. The van der Waals surface area contributed by atoms with E-state index in [9.17, 15) is 19.8 Å². The third kappa shape index (κ3) is 12.0. The summed E-state index contributed by atoms with van der Waals surface area (Å²) in [5, 5.41) is 36.1. The van der Waals surface area contributed by atoms with Crippen LogP contribution < -0.4 is 0 Å². The number of aliphatic hydroxyl groups excluding tert-OH is 1. The standard InChI is InChI=1S/C10H22O2.2C7H6O2/c1-4-7-9(11)8-10(12,5-2)6-3;2*8-7(9)6-4-2-1-3-5-6/h9,11-12H,4-8H2,1-3H3;2*1-5H,(H,8,9). The molecule has 2 rings (SSSR count). The summed E-state index contributed by atoms with van der Waals surface area (Å²) >= 11 is 0. The van der Waals surface area contributed by atoms with Crippen LogP contribution in [0.4, 0.5) is 0 Å². The van der Waals surface area contributed by atoms with Gasteiger partial charge in [0.2, 0.25) is 0 Å². The highest BCUT2D eigenvalue weighted by Gasteiger charge is 2.25. The highest BCUT2D eigenvalue weighted by molar-refractivity contribution is 5.87. The van der Waals surface area contributed by atoms with Gasteiger partial charge in [0.25, 0.3) is 0 Å². The lowest BCUT2D eigenvalue weighted by Crippen LogP contribution is -2.31. The summed E-state index contributed by atoms with van der Waals surface area (Å²) in [6.07, 6.45) is 3.41. The fourth-order valence-corrected chi connectivity index (χ4v) is 2.57. The second kappa shape index (κ2) is 15.2. The molecule has 0 aliphatic carbocycles. The molecule has 0 aromatic heterocycles. The van der Waals surface area contributed by atoms with Crippen LogP contribution in [0.3, 0.4) is 0 Å². The Morgan fingerprint density at radius 2 is 1.17 bits per heavy atom. The highest BCUT2D eigenvalue weighted by Crippen LogP contribution is 2.22. The lowest BCUT2D eigenvalue weighted by Gasteiger charge is -2.27. The average molecular weight is 419 g/mol. The van der Waals surface area contributed by atoms with Gasteiger partial charge in [0.05, 0.1) is 22.8 Å². The minimum atomic E-state index is -0.879. The summed E-state index contributed by atoms with van der Waals surface area (Å²) in [6.45, 7) is 5.96. The molecular weight excluding hydrogens is 384 g/mol. The number of aromatic carboxylic acids is 2. The van der Waals surface area contributed by atoms with Crippen LogP contribution in [0.5, 0.6) is 0 Å². The molecule has 1 atom stereocenters. The van der Waals surface area contributed by atoms with Crippen LogP contribution in [0.2, 0.25) is 0 Å². The minimum absolute atomic E-state index is 0.331. The molecule has 30 heavy (non-hydrogen) atoms. The number of carboxylic acid groups (broad SMARTS) is 2. The van der Waals surface area contributed by atoms with Crippen molar-refractivity contribution in [2.45, 2.75) is 64.6 Å². The second-order valence-electron chi connectivity index (χ2n) is 6.92. The Bertz CT molecular complexity index is 661. The maximum Gasteiger partial charge on any atom is 0.335 e. The van der Waals surface area contributed by atoms with Gasteiger partial charge in [-0.3, -0.25) is 0 Å². The zero-order chi connectivity index (χ0) is 23.0. The van der Waals surface area contributed by atoms with Gasteiger partial charge in [0.1, 0.15) is 0 Å². The molecule has 2 aromatic rings. The lowest BCUT2D eigenvalue weighted by atomic mass is 9.89. The zero-order valence-electron chi connectivity index (χ0n) is 18.0. The molecule has 2 aromatic carbocycles. The predicted molar refractivity (Wildman–Crippen MR) is 118 cm³/mol. The molecule has 166 valence electrons. The van der Waals surface area contributed by atoms with E-state index < -0.39 is 17.5 Å². The molecule has 0 saturated carbocycles. The van der Waals surface area contributed by atoms with E-state index in [1.165, 1.54) is 0 Å². The van der Waals surface area contributed by atoms with Crippen molar-refractivity contribution in [1.29, 1.82) is 0 Å². The molecule has 6 nitrogen and oxygen atoms in total. The van der Waals surface area contributed by atoms with Crippen molar-refractivity contribution in [2.75, 3.05) is 0 Å². The molecule has 0 fully saturated rings. The SMILES string of the molecule is CCCC(O)CC(O)(CC)CC.O=C(O)c1ccccc1.O=C(O)c1ccccc1. The van der Waals surface area contributed by atoms with Crippen LogP contribution in [-0.2, 0) is 0 Å². The number of rotatable bonds is 8. The molecule has 0 heterocycles. The summed E-state index contributed by atoms with van der Waals surface area (Å²) in [6, 6.07) is 16.6. The summed E-state index contributed by atoms with van der Waals surface area (Å²) < 4.78 is 0. The molecule has 0 aliphatic heterocycles. The molecule has 6 heteroatoms. The number of benzene rings is 2.